The van der Waals surface area contributed by atoms with E-state index >= 15 is 0 Å². The van der Waals surface area contributed by atoms with Crippen LogP contribution in [0.1, 0.15) is 72.1 Å². The molecular formula is C18H38O6. The predicted octanol–water partition coefficient (Wildman–Crippen LogP) is 1.16. The van der Waals surface area contributed by atoms with E-state index in [1.807, 2.05) is 13.8 Å². The van der Waals surface area contributed by atoms with Gasteiger partial charge in [-0.3, -0.25) is 0 Å². The number of rotatable bonds is 14. The third-order valence-electron chi connectivity index (χ3n) is 5.16. The fraction of sp³-hybridized carbons (Fsp3) is 1.00. The summed E-state index contributed by atoms with van der Waals surface area (Å²) in [6.07, 6.45) is 1.24. The van der Waals surface area contributed by atoms with E-state index in [1.165, 1.54) is 0 Å². The van der Waals surface area contributed by atoms with E-state index in [4.69, 9.17) is 10.2 Å². The number of hydrogen-bond donors (Lipinski definition) is 6. The SMILES string of the molecule is CCC(C)(CO)C(O)C(CCC(C)O)C(O)CCCCCC(O)O. The Labute approximate surface area is 146 Å². The Morgan fingerprint density at radius 3 is 1.88 bits per heavy atom. The molecule has 0 aromatic carbocycles. The van der Waals surface area contributed by atoms with Crippen molar-refractivity contribution in [3.05, 3.63) is 0 Å². The molecule has 0 radical (unpaired) electrons. The van der Waals surface area contributed by atoms with Crippen molar-refractivity contribution < 1.29 is 30.6 Å². The molecule has 0 fully saturated rings. The minimum Gasteiger partial charge on any atom is -0.396 e. The van der Waals surface area contributed by atoms with Gasteiger partial charge in [0.15, 0.2) is 6.29 Å². The van der Waals surface area contributed by atoms with Gasteiger partial charge in [0.2, 0.25) is 0 Å². The third-order valence-corrected chi connectivity index (χ3v) is 5.16. The quantitative estimate of drug-likeness (QED) is 0.206. The van der Waals surface area contributed by atoms with E-state index < -0.39 is 35.9 Å². The molecule has 0 saturated heterocycles. The Hall–Kier alpha value is -0.240. The van der Waals surface area contributed by atoms with Gasteiger partial charge in [0.25, 0.3) is 0 Å². The van der Waals surface area contributed by atoms with Crippen molar-refractivity contribution in [2.75, 3.05) is 6.61 Å². The Kier molecular flexibility index (Phi) is 12.0. The fourth-order valence-corrected chi connectivity index (χ4v) is 3.00. The van der Waals surface area contributed by atoms with Gasteiger partial charge in [0.1, 0.15) is 0 Å². The zero-order valence-corrected chi connectivity index (χ0v) is 15.4. The Bertz CT molecular complexity index is 304. The molecule has 0 heterocycles. The lowest BCUT2D eigenvalue weighted by Gasteiger charge is -2.39. The summed E-state index contributed by atoms with van der Waals surface area (Å²) in [7, 11) is 0. The highest BCUT2D eigenvalue weighted by molar-refractivity contribution is 4.89. The van der Waals surface area contributed by atoms with E-state index in [0.29, 0.717) is 38.5 Å². The van der Waals surface area contributed by atoms with Gasteiger partial charge in [0, 0.05) is 11.3 Å². The third kappa shape index (κ3) is 8.74. The summed E-state index contributed by atoms with van der Waals surface area (Å²) in [5, 5.41) is 58.0. The monoisotopic (exact) mass is 350 g/mol. The zero-order valence-electron chi connectivity index (χ0n) is 15.4. The van der Waals surface area contributed by atoms with Crippen molar-refractivity contribution in [1.29, 1.82) is 0 Å². The first-order chi connectivity index (χ1) is 11.2. The highest BCUT2D eigenvalue weighted by Crippen LogP contribution is 2.35. The minimum absolute atomic E-state index is 0.156. The summed E-state index contributed by atoms with van der Waals surface area (Å²) in [4.78, 5) is 0. The molecule has 6 nitrogen and oxygen atoms in total. The van der Waals surface area contributed by atoms with Crippen molar-refractivity contribution in [1.82, 2.24) is 0 Å². The molecule has 5 unspecified atom stereocenters. The zero-order chi connectivity index (χ0) is 18.8. The average Bonchev–Trinajstić information content (AvgIpc) is 2.53. The van der Waals surface area contributed by atoms with Crippen LogP contribution in [-0.4, -0.2) is 61.8 Å². The molecule has 146 valence electrons. The Morgan fingerprint density at radius 1 is 0.833 bits per heavy atom. The number of unbranched alkanes of at least 4 members (excludes halogenated alkanes) is 2. The number of aliphatic hydroxyl groups excluding tert-OH is 5. The second-order valence-corrected chi connectivity index (χ2v) is 7.39. The van der Waals surface area contributed by atoms with Crippen LogP contribution >= 0.6 is 0 Å². The van der Waals surface area contributed by atoms with Crippen molar-refractivity contribution >= 4 is 0 Å². The summed E-state index contributed by atoms with van der Waals surface area (Å²) in [5.74, 6) is -0.403. The van der Waals surface area contributed by atoms with Crippen LogP contribution in [0, 0.1) is 11.3 Å². The van der Waals surface area contributed by atoms with Crippen molar-refractivity contribution in [3.8, 4) is 0 Å². The van der Waals surface area contributed by atoms with Gasteiger partial charge in [0.05, 0.1) is 24.9 Å². The van der Waals surface area contributed by atoms with Crippen LogP contribution in [-0.2, 0) is 0 Å². The highest BCUT2D eigenvalue weighted by Gasteiger charge is 2.39. The molecule has 0 aliphatic carbocycles. The first kappa shape index (κ1) is 23.8. The second kappa shape index (κ2) is 12.2. The van der Waals surface area contributed by atoms with Gasteiger partial charge in [-0.15, -0.1) is 0 Å². The van der Waals surface area contributed by atoms with E-state index in [9.17, 15) is 20.4 Å². The minimum atomic E-state index is -1.29. The summed E-state index contributed by atoms with van der Waals surface area (Å²) in [5.41, 5.74) is -0.675. The number of hydrogen-bond acceptors (Lipinski definition) is 6. The Balaban J connectivity index is 4.68. The summed E-state index contributed by atoms with van der Waals surface area (Å²) in [6.45, 7) is 5.23. The standard InChI is InChI=1S/C18H38O6/c1-4-18(3,12-19)17(24)14(11-10-13(2)20)15(21)8-6-5-7-9-16(22)23/h13-17,19-24H,4-12H2,1-3H3. The van der Waals surface area contributed by atoms with Crippen LogP contribution in [0.5, 0.6) is 0 Å². The molecule has 0 bridgehead atoms. The van der Waals surface area contributed by atoms with E-state index in [2.05, 4.69) is 0 Å². The molecule has 0 aromatic rings. The molecular weight excluding hydrogens is 312 g/mol. The van der Waals surface area contributed by atoms with Gasteiger partial charge < -0.3 is 30.6 Å². The van der Waals surface area contributed by atoms with Gasteiger partial charge in [-0.2, -0.15) is 0 Å². The smallest absolute Gasteiger partial charge is 0.151 e. The molecule has 6 N–H and O–H groups in total. The molecule has 0 aromatic heterocycles. The lowest BCUT2D eigenvalue weighted by Crippen LogP contribution is -2.45. The highest BCUT2D eigenvalue weighted by atomic mass is 16.5. The first-order valence-corrected chi connectivity index (χ1v) is 9.19. The molecule has 0 amide bonds. The van der Waals surface area contributed by atoms with Crippen LogP contribution in [0.2, 0.25) is 0 Å². The molecule has 0 aliphatic heterocycles. The first-order valence-electron chi connectivity index (χ1n) is 9.19. The van der Waals surface area contributed by atoms with Gasteiger partial charge in [-0.05, 0) is 45.4 Å². The molecule has 6 heteroatoms. The van der Waals surface area contributed by atoms with Crippen LogP contribution in [0.4, 0.5) is 0 Å². The topological polar surface area (TPSA) is 121 Å². The second-order valence-electron chi connectivity index (χ2n) is 7.39. The normalized spacial score (nSPS) is 19.8. The van der Waals surface area contributed by atoms with Gasteiger partial charge >= 0.3 is 0 Å². The van der Waals surface area contributed by atoms with Crippen LogP contribution in [0.25, 0.3) is 0 Å². The summed E-state index contributed by atoms with van der Waals surface area (Å²) in [6, 6.07) is 0. The molecule has 0 spiro atoms. The largest absolute Gasteiger partial charge is 0.396 e. The molecule has 0 saturated carbocycles. The maximum absolute atomic E-state index is 10.7. The van der Waals surface area contributed by atoms with Crippen molar-refractivity contribution in [2.24, 2.45) is 11.3 Å². The Morgan fingerprint density at radius 2 is 1.42 bits per heavy atom. The maximum Gasteiger partial charge on any atom is 0.151 e. The maximum atomic E-state index is 10.7. The van der Waals surface area contributed by atoms with E-state index in [1.54, 1.807) is 6.92 Å². The molecule has 5 atom stereocenters. The fourth-order valence-electron chi connectivity index (χ4n) is 3.00. The van der Waals surface area contributed by atoms with E-state index in [0.717, 1.165) is 12.8 Å². The average molecular weight is 350 g/mol. The lowest BCUT2D eigenvalue weighted by atomic mass is 9.72. The number of aliphatic hydroxyl groups is 6. The molecule has 0 aliphatic rings. The van der Waals surface area contributed by atoms with Crippen LogP contribution < -0.4 is 0 Å². The lowest BCUT2D eigenvalue weighted by molar-refractivity contribution is -0.0852. The van der Waals surface area contributed by atoms with Crippen LogP contribution in [0.15, 0.2) is 0 Å². The van der Waals surface area contributed by atoms with Crippen LogP contribution in [0.3, 0.4) is 0 Å². The van der Waals surface area contributed by atoms with Gasteiger partial charge in [-0.1, -0.05) is 26.7 Å². The summed E-state index contributed by atoms with van der Waals surface area (Å²) >= 11 is 0. The predicted molar refractivity (Wildman–Crippen MR) is 93.2 cm³/mol. The van der Waals surface area contributed by atoms with Crippen molar-refractivity contribution in [2.45, 2.75) is 96.7 Å². The van der Waals surface area contributed by atoms with E-state index in [-0.39, 0.29) is 6.61 Å². The molecule has 0 rings (SSSR count). The van der Waals surface area contributed by atoms with Gasteiger partial charge in [-0.25, -0.2) is 0 Å². The summed E-state index contributed by atoms with van der Waals surface area (Å²) < 4.78 is 0. The molecule has 24 heavy (non-hydrogen) atoms. The van der Waals surface area contributed by atoms with Crippen molar-refractivity contribution in [3.63, 3.8) is 0 Å².